The summed E-state index contributed by atoms with van der Waals surface area (Å²) in [6, 6.07) is 8.01. The van der Waals surface area contributed by atoms with Crippen LogP contribution in [0.25, 0.3) is 0 Å². The number of amides is 1. The molecule has 22 heavy (non-hydrogen) atoms. The van der Waals surface area contributed by atoms with Gasteiger partial charge in [-0.15, -0.1) is 0 Å². The lowest BCUT2D eigenvalue weighted by Gasteiger charge is -2.33. The molecular weight excluding hydrogens is 278 g/mol. The summed E-state index contributed by atoms with van der Waals surface area (Å²) in [7, 11) is 0. The second-order valence-electron chi connectivity index (χ2n) is 6.15. The molecule has 0 radical (unpaired) electrons. The molecular formula is C17H19N3O2. The Morgan fingerprint density at radius 3 is 3.09 bits per heavy atom. The van der Waals surface area contributed by atoms with Gasteiger partial charge in [0, 0.05) is 12.2 Å². The van der Waals surface area contributed by atoms with Crippen molar-refractivity contribution in [3.8, 4) is 0 Å². The van der Waals surface area contributed by atoms with Crippen molar-refractivity contribution in [3.63, 3.8) is 0 Å². The number of piperidine rings is 1. The lowest BCUT2D eigenvalue weighted by Crippen LogP contribution is -2.47. The van der Waals surface area contributed by atoms with E-state index in [0.29, 0.717) is 18.5 Å². The van der Waals surface area contributed by atoms with Crippen molar-refractivity contribution in [3.05, 3.63) is 48.7 Å². The molecule has 114 valence electrons. The lowest BCUT2D eigenvalue weighted by atomic mass is 9.97. The minimum Gasteiger partial charge on any atom is -0.468 e. The number of furan rings is 1. The minimum absolute atomic E-state index is 0.0657. The van der Waals surface area contributed by atoms with Crippen LogP contribution in [-0.4, -0.2) is 27.9 Å². The number of aromatic nitrogens is 1. The van der Waals surface area contributed by atoms with Gasteiger partial charge in [-0.2, -0.15) is 0 Å². The standard InChI is InChI=1S/C17H19N3O2/c21-17(19-13-3-1-7-18-10-13)16-12-5-6-14(9-12)20(16)11-15-4-2-8-22-15/h1-4,7-8,10,12,14,16H,5-6,9,11H2,(H,19,21)/t12?,14?,16-/m0/s1. The number of carbonyl (C=O) groups excluding carboxylic acids is 1. The zero-order valence-corrected chi connectivity index (χ0v) is 12.3. The lowest BCUT2D eigenvalue weighted by molar-refractivity contribution is -0.123. The predicted octanol–water partition coefficient (Wildman–Crippen LogP) is 2.67. The molecule has 2 fully saturated rings. The molecule has 2 bridgehead atoms. The molecule has 0 spiro atoms. The molecule has 5 heteroatoms. The van der Waals surface area contributed by atoms with Crippen molar-refractivity contribution < 1.29 is 9.21 Å². The van der Waals surface area contributed by atoms with Crippen LogP contribution in [-0.2, 0) is 11.3 Å². The first-order chi connectivity index (χ1) is 10.8. The van der Waals surface area contributed by atoms with Crippen LogP contribution in [0, 0.1) is 5.92 Å². The fourth-order valence-corrected chi connectivity index (χ4v) is 3.91. The molecule has 1 amide bonds. The highest BCUT2D eigenvalue weighted by atomic mass is 16.3. The quantitative estimate of drug-likeness (QED) is 0.942. The fourth-order valence-electron chi connectivity index (χ4n) is 3.91. The number of hydrogen-bond acceptors (Lipinski definition) is 4. The van der Waals surface area contributed by atoms with Gasteiger partial charge in [0.15, 0.2) is 0 Å². The Balaban J connectivity index is 1.52. The van der Waals surface area contributed by atoms with Crippen molar-refractivity contribution in [2.45, 2.75) is 37.9 Å². The van der Waals surface area contributed by atoms with Gasteiger partial charge < -0.3 is 9.73 Å². The number of rotatable bonds is 4. The molecule has 2 aromatic heterocycles. The van der Waals surface area contributed by atoms with E-state index in [1.165, 1.54) is 6.42 Å². The van der Waals surface area contributed by atoms with Crippen molar-refractivity contribution in [2.24, 2.45) is 5.92 Å². The van der Waals surface area contributed by atoms with E-state index >= 15 is 0 Å². The molecule has 3 atom stereocenters. The minimum atomic E-state index is -0.0657. The van der Waals surface area contributed by atoms with Crippen LogP contribution >= 0.6 is 0 Å². The third kappa shape index (κ3) is 2.41. The Kier molecular flexibility index (Phi) is 3.42. The van der Waals surface area contributed by atoms with Crippen molar-refractivity contribution in [1.29, 1.82) is 0 Å². The third-order valence-corrected chi connectivity index (χ3v) is 4.83. The van der Waals surface area contributed by atoms with E-state index in [9.17, 15) is 4.79 Å². The van der Waals surface area contributed by atoms with Crippen molar-refractivity contribution >= 4 is 11.6 Å². The highest BCUT2D eigenvalue weighted by Gasteiger charge is 2.49. The number of hydrogen-bond donors (Lipinski definition) is 1. The zero-order valence-electron chi connectivity index (χ0n) is 12.3. The van der Waals surface area contributed by atoms with Gasteiger partial charge in [-0.3, -0.25) is 14.7 Å². The fraction of sp³-hybridized carbons (Fsp3) is 0.412. The monoisotopic (exact) mass is 297 g/mol. The Morgan fingerprint density at radius 1 is 1.36 bits per heavy atom. The van der Waals surface area contributed by atoms with E-state index in [-0.39, 0.29) is 11.9 Å². The number of likely N-dealkylation sites (tertiary alicyclic amines) is 1. The van der Waals surface area contributed by atoms with Gasteiger partial charge in [0.05, 0.1) is 30.7 Å². The average Bonchev–Trinajstić information content (AvgIpc) is 3.25. The normalized spacial score (nSPS) is 27.2. The maximum Gasteiger partial charge on any atom is 0.242 e. The van der Waals surface area contributed by atoms with Gasteiger partial charge >= 0.3 is 0 Å². The molecule has 3 heterocycles. The summed E-state index contributed by atoms with van der Waals surface area (Å²) < 4.78 is 5.47. The summed E-state index contributed by atoms with van der Waals surface area (Å²) in [6.45, 7) is 0.708. The van der Waals surface area contributed by atoms with Crippen LogP contribution in [0.15, 0.2) is 47.3 Å². The van der Waals surface area contributed by atoms with Crippen molar-refractivity contribution in [1.82, 2.24) is 9.88 Å². The molecule has 1 saturated heterocycles. The molecule has 2 unspecified atom stereocenters. The molecule has 0 aromatic carbocycles. The predicted molar refractivity (Wildman–Crippen MR) is 82.0 cm³/mol. The summed E-state index contributed by atoms with van der Waals surface area (Å²) in [6.07, 6.45) is 8.52. The summed E-state index contributed by atoms with van der Waals surface area (Å²) >= 11 is 0. The Labute approximate surface area is 129 Å². The summed E-state index contributed by atoms with van der Waals surface area (Å²) in [5.41, 5.74) is 0.758. The zero-order chi connectivity index (χ0) is 14.9. The second-order valence-corrected chi connectivity index (χ2v) is 6.15. The number of pyridine rings is 1. The van der Waals surface area contributed by atoms with Gasteiger partial charge in [-0.25, -0.2) is 0 Å². The molecule has 1 N–H and O–H groups in total. The Hall–Kier alpha value is -2.14. The van der Waals surface area contributed by atoms with E-state index in [0.717, 1.165) is 24.3 Å². The molecule has 4 rings (SSSR count). The van der Waals surface area contributed by atoms with Crippen LogP contribution in [0.4, 0.5) is 5.69 Å². The van der Waals surface area contributed by atoms with E-state index in [2.05, 4.69) is 15.2 Å². The molecule has 2 aromatic rings. The molecule has 1 saturated carbocycles. The number of nitrogens with zero attached hydrogens (tertiary/aromatic N) is 2. The summed E-state index contributed by atoms with van der Waals surface area (Å²) in [4.78, 5) is 19.1. The van der Waals surface area contributed by atoms with Gasteiger partial charge in [0.2, 0.25) is 5.91 Å². The smallest absolute Gasteiger partial charge is 0.242 e. The summed E-state index contributed by atoms with van der Waals surface area (Å²) in [5.74, 6) is 1.45. The molecule has 1 aliphatic heterocycles. The maximum atomic E-state index is 12.7. The maximum absolute atomic E-state index is 12.7. The third-order valence-electron chi connectivity index (χ3n) is 4.83. The first kappa shape index (κ1) is 13.5. The highest BCUT2D eigenvalue weighted by molar-refractivity contribution is 5.95. The topological polar surface area (TPSA) is 58.4 Å². The van der Waals surface area contributed by atoms with E-state index in [1.54, 1.807) is 18.7 Å². The molecule has 2 aliphatic rings. The number of carbonyl (C=O) groups is 1. The molecule has 1 aliphatic carbocycles. The first-order valence-corrected chi connectivity index (χ1v) is 7.80. The highest BCUT2D eigenvalue weighted by Crippen LogP contribution is 2.43. The van der Waals surface area contributed by atoms with Crippen LogP contribution < -0.4 is 5.32 Å². The number of anilines is 1. The second kappa shape index (κ2) is 5.57. The van der Waals surface area contributed by atoms with Crippen LogP contribution in [0.3, 0.4) is 0 Å². The van der Waals surface area contributed by atoms with Gasteiger partial charge in [-0.05, 0) is 49.4 Å². The van der Waals surface area contributed by atoms with Gasteiger partial charge in [-0.1, -0.05) is 0 Å². The molecule has 5 nitrogen and oxygen atoms in total. The Morgan fingerprint density at radius 2 is 2.32 bits per heavy atom. The summed E-state index contributed by atoms with van der Waals surface area (Å²) in [5, 5.41) is 3.00. The van der Waals surface area contributed by atoms with E-state index in [4.69, 9.17) is 4.42 Å². The average molecular weight is 297 g/mol. The van der Waals surface area contributed by atoms with E-state index < -0.39 is 0 Å². The van der Waals surface area contributed by atoms with Gasteiger partial charge in [0.25, 0.3) is 0 Å². The van der Waals surface area contributed by atoms with Gasteiger partial charge in [0.1, 0.15) is 5.76 Å². The van der Waals surface area contributed by atoms with Crippen LogP contribution in [0.1, 0.15) is 25.0 Å². The SMILES string of the molecule is O=C(Nc1cccnc1)[C@@H]1C2CCC(C2)N1Cc1ccco1. The Bertz CT molecular complexity index is 641. The first-order valence-electron chi connectivity index (χ1n) is 7.80. The van der Waals surface area contributed by atoms with Crippen molar-refractivity contribution in [2.75, 3.05) is 5.32 Å². The largest absolute Gasteiger partial charge is 0.468 e. The number of fused-ring (bicyclic) bond motifs is 2. The van der Waals surface area contributed by atoms with Crippen LogP contribution in [0.2, 0.25) is 0 Å². The van der Waals surface area contributed by atoms with Crippen LogP contribution in [0.5, 0.6) is 0 Å². The number of nitrogens with one attached hydrogen (secondary N) is 1. The van der Waals surface area contributed by atoms with E-state index in [1.807, 2.05) is 24.3 Å².